The Labute approximate surface area is 170 Å². The van der Waals surface area contributed by atoms with Crippen LogP contribution in [0.2, 0.25) is 0 Å². The molecule has 1 fully saturated rings. The maximum Gasteiger partial charge on any atom is 0.317 e. The molecule has 0 unspecified atom stereocenters. The molecule has 0 aromatic heterocycles. The number of urea groups is 1. The van der Waals surface area contributed by atoms with Gasteiger partial charge in [-0.3, -0.25) is 4.79 Å². The second-order valence-corrected chi connectivity index (χ2v) is 8.16. The van der Waals surface area contributed by atoms with Gasteiger partial charge in [0, 0.05) is 41.9 Å². The van der Waals surface area contributed by atoms with E-state index >= 15 is 0 Å². The number of nitrogens with zero attached hydrogens (tertiary/aromatic N) is 1. The van der Waals surface area contributed by atoms with Crippen molar-refractivity contribution in [3.8, 4) is 0 Å². The molecule has 5 nitrogen and oxygen atoms in total. The van der Waals surface area contributed by atoms with Crippen LogP contribution in [-0.2, 0) is 0 Å². The number of nitrogens with one attached hydrogen (secondary N) is 2. The van der Waals surface area contributed by atoms with Crippen LogP contribution in [0, 0.1) is 6.92 Å². The van der Waals surface area contributed by atoms with Gasteiger partial charge in [-0.15, -0.1) is 11.8 Å². The zero-order valence-electron chi connectivity index (χ0n) is 16.2. The number of aryl methyl sites for hydroxylation is 1. The van der Waals surface area contributed by atoms with Crippen molar-refractivity contribution in [3.63, 3.8) is 0 Å². The summed E-state index contributed by atoms with van der Waals surface area (Å²) in [6, 6.07) is 17.8. The molecular formula is C22H27N3O2S. The van der Waals surface area contributed by atoms with Crippen molar-refractivity contribution >= 4 is 23.7 Å². The molecule has 1 aliphatic rings. The Kier molecular flexibility index (Phi) is 7.37. The molecule has 6 heteroatoms. The van der Waals surface area contributed by atoms with Gasteiger partial charge in [0.15, 0.2) is 0 Å². The molecule has 1 aliphatic heterocycles. The van der Waals surface area contributed by atoms with Gasteiger partial charge in [-0.25, -0.2) is 4.79 Å². The molecule has 3 rings (SSSR count). The van der Waals surface area contributed by atoms with E-state index in [4.69, 9.17) is 0 Å². The summed E-state index contributed by atoms with van der Waals surface area (Å²) < 4.78 is 0. The van der Waals surface area contributed by atoms with Crippen LogP contribution >= 0.6 is 11.8 Å². The smallest absolute Gasteiger partial charge is 0.317 e. The first kappa shape index (κ1) is 20.3. The average molecular weight is 398 g/mol. The van der Waals surface area contributed by atoms with Crippen LogP contribution in [0.25, 0.3) is 0 Å². The summed E-state index contributed by atoms with van der Waals surface area (Å²) in [6.45, 7) is 4.04. The molecule has 2 aromatic rings. The van der Waals surface area contributed by atoms with Gasteiger partial charge < -0.3 is 15.5 Å². The SMILES string of the molecule is Cc1ccc(SCCNC(=O)N2CCC(NC(=O)c3ccccc3)CC2)cc1. The van der Waals surface area contributed by atoms with Crippen LogP contribution in [0.3, 0.4) is 0 Å². The molecule has 3 amide bonds. The molecule has 2 N–H and O–H groups in total. The number of thioether (sulfide) groups is 1. The number of rotatable bonds is 6. The molecule has 0 aliphatic carbocycles. The first-order valence-corrected chi connectivity index (χ1v) is 10.7. The molecule has 0 radical (unpaired) electrons. The minimum absolute atomic E-state index is 0.0163. The van der Waals surface area contributed by atoms with Crippen molar-refractivity contribution < 1.29 is 9.59 Å². The van der Waals surface area contributed by atoms with Gasteiger partial charge in [0.1, 0.15) is 0 Å². The van der Waals surface area contributed by atoms with E-state index < -0.39 is 0 Å². The van der Waals surface area contributed by atoms with E-state index in [-0.39, 0.29) is 18.0 Å². The Morgan fingerprint density at radius 3 is 2.39 bits per heavy atom. The van der Waals surface area contributed by atoms with Crippen molar-refractivity contribution in [2.75, 3.05) is 25.4 Å². The third-order valence-corrected chi connectivity index (χ3v) is 5.84. The highest BCUT2D eigenvalue weighted by atomic mass is 32.2. The number of piperidine rings is 1. The zero-order chi connectivity index (χ0) is 19.8. The summed E-state index contributed by atoms with van der Waals surface area (Å²) in [4.78, 5) is 27.6. The largest absolute Gasteiger partial charge is 0.349 e. The minimum Gasteiger partial charge on any atom is -0.349 e. The zero-order valence-corrected chi connectivity index (χ0v) is 17.0. The van der Waals surface area contributed by atoms with Crippen molar-refractivity contribution in [1.82, 2.24) is 15.5 Å². The van der Waals surface area contributed by atoms with Crippen LogP contribution in [-0.4, -0.2) is 48.3 Å². The van der Waals surface area contributed by atoms with E-state index in [2.05, 4.69) is 41.8 Å². The quantitative estimate of drug-likeness (QED) is 0.577. The Balaban J connectivity index is 1.33. The van der Waals surface area contributed by atoms with Crippen LogP contribution in [0.1, 0.15) is 28.8 Å². The lowest BCUT2D eigenvalue weighted by atomic mass is 10.0. The summed E-state index contributed by atoms with van der Waals surface area (Å²) in [5.41, 5.74) is 1.93. The Hall–Kier alpha value is -2.47. The van der Waals surface area contributed by atoms with Crippen LogP contribution in [0.4, 0.5) is 4.79 Å². The second kappa shape index (κ2) is 10.2. The summed E-state index contributed by atoms with van der Waals surface area (Å²) in [5, 5.41) is 6.06. The number of benzene rings is 2. The molecule has 2 aromatic carbocycles. The topological polar surface area (TPSA) is 61.4 Å². The van der Waals surface area contributed by atoms with Gasteiger partial charge in [-0.2, -0.15) is 0 Å². The van der Waals surface area contributed by atoms with Crippen molar-refractivity contribution in [2.45, 2.75) is 30.7 Å². The Bertz CT molecular complexity index is 772. The van der Waals surface area contributed by atoms with Crippen LogP contribution in [0.15, 0.2) is 59.5 Å². The summed E-state index contributed by atoms with van der Waals surface area (Å²) in [6.07, 6.45) is 1.56. The maximum atomic E-state index is 12.3. The van der Waals surface area contributed by atoms with Gasteiger partial charge in [-0.05, 0) is 44.0 Å². The number of carbonyl (C=O) groups is 2. The average Bonchev–Trinajstić information content (AvgIpc) is 2.73. The summed E-state index contributed by atoms with van der Waals surface area (Å²) in [7, 11) is 0. The van der Waals surface area contributed by atoms with Gasteiger partial charge >= 0.3 is 6.03 Å². The van der Waals surface area contributed by atoms with Gasteiger partial charge in [0.05, 0.1) is 0 Å². The van der Waals surface area contributed by atoms with E-state index in [1.807, 2.05) is 35.2 Å². The first-order valence-electron chi connectivity index (χ1n) is 9.70. The Morgan fingerprint density at radius 2 is 1.71 bits per heavy atom. The standard InChI is InChI=1S/C22H27N3O2S/c1-17-7-9-20(10-8-17)28-16-13-23-22(27)25-14-11-19(12-15-25)24-21(26)18-5-3-2-4-6-18/h2-10,19H,11-16H2,1H3,(H,23,27)(H,24,26). The predicted molar refractivity (Wildman–Crippen MR) is 114 cm³/mol. The number of amides is 3. The van der Waals surface area contributed by atoms with E-state index in [0.29, 0.717) is 25.2 Å². The lowest BCUT2D eigenvalue weighted by Gasteiger charge is -2.32. The fourth-order valence-electron chi connectivity index (χ4n) is 3.16. The van der Waals surface area contributed by atoms with E-state index in [1.165, 1.54) is 10.5 Å². The van der Waals surface area contributed by atoms with Gasteiger partial charge in [0.2, 0.25) is 0 Å². The molecule has 1 heterocycles. The highest BCUT2D eigenvalue weighted by Crippen LogP contribution is 2.17. The van der Waals surface area contributed by atoms with E-state index in [9.17, 15) is 9.59 Å². The fourth-order valence-corrected chi connectivity index (χ4v) is 3.93. The maximum absolute atomic E-state index is 12.3. The van der Waals surface area contributed by atoms with Crippen LogP contribution < -0.4 is 10.6 Å². The fraction of sp³-hybridized carbons (Fsp3) is 0.364. The van der Waals surface area contributed by atoms with Gasteiger partial charge in [-0.1, -0.05) is 35.9 Å². The minimum atomic E-state index is -0.0448. The third-order valence-electron chi connectivity index (χ3n) is 4.82. The van der Waals surface area contributed by atoms with E-state index in [0.717, 1.165) is 18.6 Å². The molecule has 0 bridgehead atoms. The second-order valence-electron chi connectivity index (χ2n) is 6.99. The normalized spacial score (nSPS) is 14.5. The van der Waals surface area contributed by atoms with Crippen molar-refractivity contribution in [3.05, 3.63) is 65.7 Å². The monoisotopic (exact) mass is 397 g/mol. The molecule has 28 heavy (non-hydrogen) atoms. The highest BCUT2D eigenvalue weighted by molar-refractivity contribution is 7.99. The molecular weight excluding hydrogens is 370 g/mol. The number of carbonyl (C=O) groups excluding carboxylic acids is 2. The summed E-state index contributed by atoms with van der Waals surface area (Å²) >= 11 is 1.74. The lowest BCUT2D eigenvalue weighted by molar-refractivity contribution is 0.0918. The molecule has 0 saturated carbocycles. The predicted octanol–water partition coefficient (Wildman–Crippen LogP) is 3.69. The van der Waals surface area contributed by atoms with Gasteiger partial charge in [0.25, 0.3) is 5.91 Å². The van der Waals surface area contributed by atoms with Crippen molar-refractivity contribution in [1.29, 1.82) is 0 Å². The number of hydrogen-bond donors (Lipinski definition) is 2. The first-order chi connectivity index (χ1) is 13.6. The van der Waals surface area contributed by atoms with E-state index in [1.54, 1.807) is 11.8 Å². The summed E-state index contributed by atoms with van der Waals surface area (Å²) in [5.74, 6) is 0.801. The van der Waals surface area contributed by atoms with Crippen molar-refractivity contribution in [2.24, 2.45) is 0 Å². The van der Waals surface area contributed by atoms with Crippen LogP contribution in [0.5, 0.6) is 0 Å². The number of likely N-dealkylation sites (tertiary alicyclic amines) is 1. The highest BCUT2D eigenvalue weighted by Gasteiger charge is 2.23. The Morgan fingerprint density at radius 1 is 1.04 bits per heavy atom. The molecule has 0 atom stereocenters. The lowest BCUT2D eigenvalue weighted by Crippen LogP contribution is -2.49. The molecule has 0 spiro atoms. The molecule has 1 saturated heterocycles. The molecule has 148 valence electrons. The third kappa shape index (κ3) is 6.02. The number of hydrogen-bond acceptors (Lipinski definition) is 3.